The molecule has 4 heteroatoms. The highest BCUT2D eigenvalue weighted by Gasteiger charge is 2.00. The van der Waals surface area contributed by atoms with Gasteiger partial charge in [0.2, 0.25) is 0 Å². The molecule has 0 spiro atoms. The Morgan fingerprint density at radius 3 is 2.53 bits per heavy atom. The maximum atomic E-state index is 9.79. The molecule has 0 heterocycles. The molecule has 0 radical (unpaired) electrons. The second kappa shape index (κ2) is 6.02. The number of nitrogens with two attached hydrogens (primary N) is 1. The van der Waals surface area contributed by atoms with E-state index in [2.05, 4.69) is 4.99 Å². The Hall–Kier alpha value is -2.33. The Balaban J connectivity index is 2.17. The first-order chi connectivity index (χ1) is 9.22. The fraction of sp³-hybridized carbons (Fsp3) is 0.133. The van der Waals surface area contributed by atoms with E-state index in [-0.39, 0.29) is 5.75 Å². The number of hydrogen-bond donors (Lipinski definition) is 2. The van der Waals surface area contributed by atoms with Crippen LogP contribution in [0.3, 0.4) is 0 Å². The number of aromatic hydroxyl groups is 1. The third kappa shape index (κ3) is 3.33. The Bertz CT molecular complexity index is 577. The SMILES string of the molecule is COc1ccc(C=Nc2ccc(CN)cc2)c(O)c1. The molecule has 0 aliphatic carbocycles. The second-order valence-corrected chi connectivity index (χ2v) is 4.05. The van der Waals surface area contributed by atoms with Crippen molar-refractivity contribution >= 4 is 11.9 Å². The van der Waals surface area contributed by atoms with E-state index in [0.717, 1.165) is 11.3 Å². The minimum absolute atomic E-state index is 0.140. The molecule has 98 valence electrons. The standard InChI is InChI=1S/C15H16N2O2/c1-19-14-7-4-12(15(18)8-14)10-17-13-5-2-11(9-16)3-6-13/h2-8,10,18H,9,16H2,1H3. The largest absolute Gasteiger partial charge is 0.507 e. The van der Waals surface area contributed by atoms with Crippen LogP contribution < -0.4 is 10.5 Å². The molecule has 0 aromatic heterocycles. The minimum Gasteiger partial charge on any atom is -0.507 e. The van der Waals surface area contributed by atoms with E-state index in [4.69, 9.17) is 10.5 Å². The van der Waals surface area contributed by atoms with Gasteiger partial charge in [0.05, 0.1) is 12.8 Å². The molecule has 0 saturated carbocycles. The van der Waals surface area contributed by atoms with Gasteiger partial charge in [-0.2, -0.15) is 0 Å². The normalized spacial score (nSPS) is 10.8. The van der Waals surface area contributed by atoms with Gasteiger partial charge in [-0.1, -0.05) is 12.1 Å². The molecule has 3 N–H and O–H groups in total. The molecule has 4 nitrogen and oxygen atoms in total. The maximum Gasteiger partial charge on any atom is 0.128 e. The average Bonchev–Trinajstić information content (AvgIpc) is 2.46. The van der Waals surface area contributed by atoms with E-state index in [0.29, 0.717) is 17.9 Å². The first-order valence-electron chi connectivity index (χ1n) is 5.93. The van der Waals surface area contributed by atoms with Crippen molar-refractivity contribution in [2.24, 2.45) is 10.7 Å². The summed E-state index contributed by atoms with van der Waals surface area (Å²) in [6.45, 7) is 0.517. The molecule has 2 rings (SSSR count). The number of benzene rings is 2. The first-order valence-corrected chi connectivity index (χ1v) is 5.93. The highest BCUT2D eigenvalue weighted by atomic mass is 16.5. The van der Waals surface area contributed by atoms with Crippen LogP contribution in [0.2, 0.25) is 0 Å². The van der Waals surface area contributed by atoms with Gasteiger partial charge in [0.1, 0.15) is 11.5 Å². The van der Waals surface area contributed by atoms with Gasteiger partial charge in [-0.15, -0.1) is 0 Å². The first kappa shape index (κ1) is 13.1. The average molecular weight is 256 g/mol. The minimum atomic E-state index is 0.140. The van der Waals surface area contributed by atoms with Gasteiger partial charge in [0, 0.05) is 24.4 Å². The summed E-state index contributed by atoms with van der Waals surface area (Å²) in [7, 11) is 1.56. The Kier molecular flexibility index (Phi) is 4.15. The van der Waals surface area contributed by atoms with E-state index >= 15 is 0 Å². The van der Waals surface area contributed by atoms with Crippen molar-refractivity contribution in [3.8, 4) is 11.5 Å². The van der Waals surface area contributed by atoms with Crippen LogP contribution in [-0.2, 0) is 6.54 Å². The van der Waals surface area contributed by atoms with E-state index < -0.39 is 0 Å². The van der Waals surface area contributed by atoms with Gasteiger partial charge >= 0.3 is 0 Å². The molecule has 0 unspecified atom stereocenters. The topological polar surface area (TPSA) is 67.8 Å². The number of nitrogens with zero attached hydrogens (tertiary/aromatic N) is 1. The molecule has 0 aliphatic rings. The van der Waals surface area contributed by atoms with Crippen LogP contribution in [0.4, 0.5) is 5.69 Å². The van der Waals surface area contributed by atoms with Gasteiger partial charge in [-0.3, -0.25) is 4.99 Å². The summed E-state index contributed by atoms with van der Waals surface area (Å²) in [5.74, 6) is 0.753. The van der Waals surface area contributed by atoms with Gasteiger partial charge < -0.3 is 15.6 Å². The fourth-order valence-corrected chi connectivity index (χ4v) is 1.62. The van der Waals surface area contributed by atoms with Crippen LogP contribution in [0.25, 0.3) is 0 Å². The van der Waals surface area contributed by atoms with Gasteiger partial charge in [-0.25, -0.2) is 0 Å². The summed E-state index contributed by atoms with van der Waals surface area (Å²) in [6.07, 6.45) is 1.62. The van der Waals surface area contributed by atoms with Crippen LogP contribution in [0, 0.1) is 0 Å². The van der Waals surface area contributed by atoms with Crippen molar-refractivity contribution in [1.82, 2.24) is 0 Å². The molecule has 0 saturated heterocycles. The maximum absolute atomic E-state index is 9.79. The molecule has 19 heavy (non-hydrogen) atoms. The molecule has 0 bridgehead atoms. The number of hydrogen-bond acceptors (Lipinski definition) is 4. The third-order valence-electron chi connectivity index (χ3n) is 2.76. The van der Waals surface area contributed by atoms with Crippen LogP contribution in [0.1, 0.15) is 11.1 Å². The number of aliphatic imine (C=N–C) groups is 1. The summed E-state index contributed by atoms with van der Waals surface area (Å²) < 4.78 is 5.02. The Morgan fingerprint density at radius 2 is 1.95 bits per heavy atom. The van der Waals surface area contributed by atoms with E-state index in [9.17, 15) is 5.11 Å². The van der Waals surface area contributed by atoms with Gasteiger partial charge in [-0.05, 0) is 29.8 Å². The van der Waals surface area contributed by atoms with Crippen LogP contribution in [-0.4, -0.2) is 18.4 Å². The van der Waals surface area contributed by atoms with Gasteiger partial charge in [0.15, 0.2) is 0 Å². The predicted octanol–water partition coefficient (Wildman–Crippen LogP) is 2.61. The van der Waals surface area contributed by atoms with Crippen LogP contribution >= 0.6 is 0 Å². The molecular weight excluding hydrogens is 240 g/mol. The summed E-state index contributed by atoms with van der Waals surface area (Å²) in [5.41, 5.74) is 8.04. The van der Waals surface area contributed by atoms with Crippen molar-refractivity contribution in [2.45, 2.75) is 6.54 Å². The highest BCUT2D eigenvalue weighted by Crippen LogP contribution is 2.22. The lowest BCUT2D eigenvalue weighted by Gasteiger charge is -2.02. The fourth-order valence-electron chi connectivity index (χ4n) is 1.62. The number of ether oxygens (including phenoxy) is 1. The Morgan fingerprint density at radius 1 is 1.21 bits per heavy atom. The zero-order valence-corrected chi connectivity index (χ0v) is 10.7. The monoisotopic (exact) mass is 256 g/mol. The lowest BCUT2D eigenvalue weighted by atomic mass is 10.2. The lowest BCUT2D eigenvalue weighted by molar-refractivity contribution is 0.407. The smallest absolute Gasteiger partial charge is 0.128 e. The molecule has 0 amide bonds. The van der Waals surface area contributed by atoms with Crippen LogP contribution in [0.15, 0.2) is 47.5 Å². The molecule has 0 atom stereocenters. The van der Waals surface area contributed by atoms with Crippen molar-refractivity contribution in [2.75, 3.05) is 7.11 Å². The molecule has 2 aromatic carbocycles. The number of phenolic OH excluding ortho intramolecular Hbond substituents is 1. The van der Waals surface area contributed by atoms with E-state index in [1.165, 1.54) is 0 Å². The third-order valence-corrected chi connectivity index (χ3v) is 2.76. The predicted molar refractivity (Wildman–Crippen MR) is 76.2 cm³/mol. The van der Waals surface area contributed by atoms with Crippen molar-refractivity contribution in [3.63, 3.8) is 0 Å². The number of rotatable bonds is 4. The zero-order valence-electron chi connectivity index (χ0n) is 10.7. The summed E-state index contributed by atoms with van der Waals surface area (Å²) >= 11 is 0. The summed E-state index contributed by atoms with van der Waals surface area (Å²) in [4.78, 5) is 4.30. The quantitative estimate of drug-likeness (QED) is 0.826. The number of methoxy groups -OCH3 is 1. The van der Waals surface area contributed by atoms with Crippen molar-refractivity contribution < 1.29 is 9.84 Å². The zero-order chi connectivity index (χ0) is 13.7. The van der Waals surface area contributed by atoms with Crippen molar-refractivity contribution in [3.05, 3.63) is 53.6 Å². The van der Waals surface area contributed by atoms with Gasteiger partial charge in [0.25, 0.3) is 0 Å². The molecule has 2 aromatic rings. The highest BCUT2D eigenvalue weighted by molar-refractivity contribution is 5.85. The van der Waals surface area contributed by atoms with Crippen molar-refractivity contribution in [1.29, 1.82) is 0 Å². The van der Waals surface area contributed by atoms with Crippen LogP contribution in [0.5, 0.6) is 11.5 Å². The Labute approximate surface area is 112 Å². The molecule has 0 aliphatic heterocycles. The van der Waals surface area contributed by atoms with E-state index in [1.807, 2.05) is 24.3 Å². The van der Waals surface area contributed by atoms with E-state index in [1.54, 1.807) is 31.5 Å². The lowest BCUT2D eigenvalue weighted by Crippen LogP contribution is -1.94. The summed E-state index contributed by atoms with van der Waals surface area (Å²) in [6, 6.07) is 12.7. The second-order valence-electron chi connectivity index (χ2n) is 4.05. The summed E-state index contributed by atoms with van der Waals surface area (Å²) in [5, 5.41) is 9.79. The molecule has 0 fully saturated rings. The number of phenols is 1. The molecular formula is C15H16N2O2.